The molecular weight excluding hydrogens is 496 g/mol. The first kappa shape index (κ1) is 29.4. The number of carbonyl (C=O) groups excluding carboxylic acids is 2. The van der Waals surface area contributed by atoms with Crippen LogP contribution < -0.4 is 10.6 Å². The van der Waals surface area contributed by atoms with Crippen LogP contribution in [0.5, 0.6) is 0 Å². The fourth-order valence-corrected chi connectivity index (χ4v) is 7.08. The van der Waals surface area contributed by atoms with E-state index in [1.807, 2.05) is 38.1 Å². The normalized spacial score (nSPS) is 23.5. The van der Waals surface area contributed by atoms with Crippen LogP contribution in [0.15, 0.2) is 24.3 Å². The fourth-order valence-electron chi connectivity index (χ4n) is 6.95. The van der Waals surface area contributed by atoms with Crippen LogP contribution >= 0.6 is 11.6 Å². The minimum atomic E-state index is -0.261. The van der Waals surface area contributed by atoms with Gasteiger partial charge in [0.1, 0.15) is 0 Å². The van der Waals surface area contributed by atoms with Gasteiger partial charge in [0.2, 0.25) is 11.8 Å². The van der Waals surface area contributed by atoms with Gasteiger partial charge in [0.15, 0.2) is 0 Å². The molecule has 2 saturated heterocycles. The van der Waals surface area contributed by atoms with Crippen molar-refractivity contribution in [3.05, 3.63) is 34.9 Å². The molecule has 3 fully saturated rings. The Morgan fingerprint density at radius 2 is 1.68 bits per heavy atom. The highest BCUT2D eigenvalue weighted by molar-refractivity contribution is 6.30. The van der Waals surface area contributed by atoms with Gasteiger partial charge >= 0.3 is 0 Å². The lowest BCUT2D eigenvalue weighted by molar-refractivity contribution is -0.136. The van der Waals surface area contributed by atoms with Crippen molar-refractivity contribution in [1.82, 2.24) is 20.4 Å². The number of benzene rings is 1. The first-order chi connectivity index (χ1) is 18.3. The Hall–Kier alpha value is -1.63. The number of halogens is 1. The highest BCUT2D eigenvalue weighted by Crippen LogP contribution is 2.39. The van der Waals surface area contributed by atoms with E-state index in [0.717, 1.165) is 38.0 Å². The molecule has 1 aromatic rings. The standard InChI is InChI=1S/C31H49ClN4O2/c1-4-35-18-8-11-27(35)22-33-28(21-24-12-14-26(32)15-13-24)30(38)36-19-16-31(17-20-36,34-29(37)23(2)3)25-9-6-5-7-10-25/h12-15,23,25,27-28,33H,4-11,16-22H2,1-3H3,(H,34,37)/t27-,28-/m1/s1. The summed E-state index contributed by atoms with van der Waals surface area (Å²) in [5, 5.41) is 7.90. The maximum atomic E-state index is 14.0. The number of piperidine rings is 1. The van der Waals surface area contributed by atoms with Crippen LogP contribution in [0.4, 0.5) is 0 Å². The van der Waals surface area contributed by atoms with Crippen molar-refractivity contribution in [3.8, 4) is 0 Å². The van der Waals surface area contributed by atoms with Gasteiger partial charge in [0, 0.05) is 42.2 Å². The van der Waals surface area contributed by atoms with E-state index in [1.54, 1.807) is 0 Å². The molecule has 4 rings (SSSR count). The molecule has 0 unspecified atom stereocenters. The summed E-state index contributed by atoms with van der Waals surface area (Å²) in [5.74, 6) is 0.825. The van der Waals surface area contributed by atoms with Crippen molar-refractivity contribution in [2.24, 2.45) is 11.8 Å². The zero-order chi connectivity index (χ0) is 27.1. The van der Waals surface area contributed by atoms with Crippen LogP contribution in [0.2, 0.25) is 5.02 Å². The molecule has 3 aliphatic rings. The molecule has 0 bridgehead atoms. The largest absolute Gasteiger partial charge is 0.350 e. The van der Waals surface area contributed by atoms with Crippen LogP contribution in [0.3, 0.4) is 0 Å². The zero-order valence-electron chi connectivity index (χ0n) is 23.8. The molecule has 2 aliphatic heterocycles. The predicted molar refractivity (Wildman–Crippen MR) is 155 cm³/mol. The summed E-state index contributed by atoms with van der Waals surface area (Å²) >= 11 is 6.13. The van der Waals surface area contributed by atoms with Crippen molar-refractivity contribution < 1.29 is 9.59 Å². The second-order valence-corrected chi connectivity index (χ2v) is 12.6. The number of likely N-dealkylation sites (tertiary alicyclic amines) is 2. The minimum absolute atomic E-state index is 0.0265. The first-order valence-electron chi connectivity index (χ1n) is 15.1. The maximum Gasteiger partial charge on any atom is 0.240 e. The van der Waals surface area contributed by atoms with Crippen LogP contribution in [-0.2, 0) is 16.0 Å². The molecule has 212 valence electrons. The molecule has 6 nitrogen and oxygen atoms in total. The van der Waals surface area contributed by atoms with E-state index in [4.69, 9.17) is 11.6 Å². The fraction of sp³-hybridized carbons (Fsp3) is 0.742. The Kier molecular flexibility index (Phi) is 10.5. The molecule has 38 heavy (non-hydrogen) atoms. The monoisotopic (exact) mass is 544 g/mol. The average molecular weight is 545 g/mol. The summed E-state index contributed by atoms with van der Waals surface area (Å²) in [6, 6.07) is 8.11. The van der Waals surface area contributed by atoms with E-state index in [2.05, 4.69) is 27.4 Å². The van der Waals surface area contributed by atoms with E-state index < -0.39 is 0 Å². The molecule has 0 spiro atoms. The van der Waals surface area contributed by atoms with Gasteiger partial charge < -0.3 is 15.5 Å². The maximum absolute atomic E-state index is 14.0. The topological polar surface area (TPSA) is 64.7 Å². The van der Waals surface area contributed by atoms with Crippen LogP contribution in [0.1, 0.15) is 84.1 Å². The number of nitrogens with zero attached hydrogens (tertiary/aromatic N) is 2. The van der Waals surface area contributed by atoms with Gasteiger partial charge in [-0.2, -0.15) is 0 Å². The van der Waals surface area contributed by atoms with Crippen LogP contribution in [0, 0.1) is 11.8 Å². The van der Waals surface area contributed by atoms with Gasteiger partial charge in [-0.05, 0) is 81.6 Å². The average Bonchev–Trinajstić information content (AvgIpc) is 3.40. The molecule has 1 aliphatic carbocycles. The highest BCUT2D eigenvalue weighted by atomic mass is 35.5. The summed E-state index contributed by atoms with van der Waals surface area (Å²) in [6.45, 7) is 10.6. The van der Waals surface area contributed by atoms with E-state index in [1.165, 1.54) is 44.9 Å². The SMILES string of the molecule is CCN1CCC[C@@H]1CN[C@H](Cc1ccc(Cl)cc1)C(=O)N1CCC(NC(=O)C(C)C)(C2CCCCC2)CC1. The molecule has 2 heterocycles. The molecule has 1 saturated carbocycles. The third-order valence-electron chi connectivity index (χ3n) is 9.41. The Morgan fingerprint density at radius 1 is 1.00 bits per heavy atom. The quantitative estimate of drug-likeness (QED) is 0.433. The highest BCUT2D eigenvalue weighted by Gasteiger charge is 2.44. The Labute approximate surface area is 235 Å². The summed E-state index contributed by atoms with van der Waals surface area (Å²) in [4.78, 5) is 31.4. The molecule has 0 radical (unpaired) electrons. The molecule has 7 heteroatoms. The van der Waals surface area contributed by atoms with Crippen LogP contribution in [0.25, 0.3) is 0 Å². The number of hydrogen-bond donors (Lipinski definition) is 2. The molecule has 0 aromatic heterocycles. The van der Waals surface area contributed by atoms with Crippen molar-refractivity contribution >= 4 is 23.4 Å². The molecule has 2 atom stereocenters. The smallest absolute Gasteiger partial charge is 0.240 e. The number of rotatable bonds is 10. The van der Waals surface area contributed by atoms with Gasteiger partial charge in [0.25, 0.3) is 0 Å². The van der Waals surface area contributed by atoms with E-state index in [9.17, 15) is 9.59 Å². The predicted octanol–water partition coefficient (Wildman–Crippen LogP) is 5.04. The molecular formula is C31H49ClN4O2. The minimum Gasteiger partial charge on any atom is -0.350 e. The van der Waals surface area contributed by atoms with Gasteiger partial charge in [-0.15, -0.1) is 0 Å². The molecule has 2 N–H and O–H groups in total. The van der Waals surface area contributed by atoms with Crippen molar-refractivity contribution in [3.63, 3.8) is 0 Å². The second-order valence-electron chi connectivity index (χ2n) is 12.2. The third-order valence-corrected chi connectivity index (χ3v) is 9.66. The van der Waals surface area contributed by atoms with Gasteiger partial charge in [-0.3, -0.25) is 14.5 Å². The van der Waals surface area contributed by atoms with E-state index in [-0.39, 0.29) is 29.3 Å². The van der Waals surface area contributed by atoms with Crippen LogP contribution in [-0.4, -0.2) is 72.0 Å². The van der Waals surface area contributed by atoms with E-state index in [0.29, 0.717) is 36.5 Å². The first-order valence-corrected chi connectivity index (χ1v) is 15.5. The Balaban J connectivity index is 1.45. The third kappa shape index (κ3) is 7.31. The lowest BCUT2D eigenvalue weighted by Crippen LogP contribution is -2.62. The van der Waals surface area contributed by atoms with Gasteiger partial charge in [-0.25, -0.2) is 0 Å². The second kappa shape index (κ2) is 13.6. The Morgan fingerprint density at radius 3 is 2.32 bits per heavy atom. The number of amides is 2. The zero-order valence-corrected chi connectivity index (χ0v) is 24.6. The van der Waals surface area contributed by atoms with E-state index >= 15 is 0 Å². The number of carbonyl (C=O) groups is 2. The summed E-state index contributed by atoms with van der Waals surface area (Å²) < 4.78 is 0. The number of likely N-dealkylation sites (N-methyl/N-ethyl adjacent to an activating group) is 1. The number of hydrogen-bond acceptors (Lipinski definition) is 4. The van der Waals surface area contributed by atoms with Crippen molar-refractivity contribution in [1.29, 1.82) is 0 Å². The lowest BCUT2D eigenvalue weighted by Gasteiger charge is -2.49. The van der Waals surface area contributed by atoms with Crippen molar-refractivity contribution in [2.75, 3.05) is 32.7 Å². The molecule has 1 aromatic carbocycles. The molecule has 2 amide bonds. The summed E-state index contributed by atoms with van der Waals surface area (Å²) in [6.07, 6.45) is 10.9. The van der Waals surface area contributed by atoms with Crippen molar-refractivity contribution in [2.45, 2.75) is 103 Å². The summed E-state index contributed by atoms with van der Waals surface area (Å²) in [5.41, 5.74) is 0.945. The van der Waals surface area contributed by atoms with Gasteiger partial charge in [0.05, 0.1) is 6.04 Å². The van der Waals surface area contributed by atoms with Gasteiger partial charge in [-0.1, -0.05) is 63.8 Å². The summed E-state index contributed by atoms with van der Waals surface area (Å²) in [7, 11) is 0. The lowest BCUT2D eigenvalue weighted by atomic mass is 9.69. The number of nitrogens with one attached hydrogen (secondary N) is 2. The Bertz CT molecular complexity index is 907.